The van der Waals surface area contributed by atoms with Gasteiger partial charge in [-0.3, -0.25) is 4.72 Å². The Kier molecular flexibility index (Phi) is 3.32. The fourth-order valence-corrected chi connectivity index (χ4v) is 2.94. The zero-order valence-corrected chi connectivity index (χ0v) is 10.9. The molecule has 1 atom stereocenters. The summed E-state index contributed by atoms with van der Waals surface area (Å²) in [7, 11) is -3.41. The molecule has 0 aliphatic carbocycles. The summed E-state index contributed by atoms with van der Waals surface area (Å²) in [6, 6.07) is 5.26. The second-order valence-corrected chi connectivity index (χ2v) is 6.71. The lowest BCUT2D eigenvalue weighted by Crippen LogP contribution is -2.31. The maximum Gasteiger partial charge on any atom is 0.236 e. The standard InChI is InChI=1S/C10H13N3O2S2/c1-7(5-11)17(14,15)13-8-2-3-9-10(4-8)16-6-12-9/h2-4,6-7,13H,5,11H2,1H3. The molecule has 1 unspecified atom stereocenters. The molecule has 1 aromatic heterocycles. The highest BCUT2D eigenvalue weighted by molar-refractivity contribution is 7.93. The highest BCUT2D eigenvalue weighted by Crippen LogP contribution is 2.22. The molecule has 0 bridgehead atoms. The van der Waals surface area contributed by atoms with Crippen molar-refractivity contribution < 1.29 is 8.42 Å². The van der Waals surface area contributed by atoms with Crippen molar-refractivity contribution in [2.45, 2.75) is 12.2 Å². The van der Waals surface area contributed by atoms with E-state index in [2.05, 4.69) is 9.71 Å². The average molecular weight is 271 g/mol. The van der Waals surface area contributed by atoms with E-state index in [9.17, 15) is 8.42 Å². The van der Waals surface area contributed by atoms with Gasteiger partial charge in [-0.05, 0) is 25.1 Å². The van der Waals surface area contributed by atoms with E-state index >= 15 is 0 Å². The normalized spacial score (nSPS) is 13.8. The number of hydrogen-bond donors (Lipinski definition) is 2. The lowest BCUT2D eigenvalue weighted by molar-refractivity contribution is 0.589. The molecule has 5 nitrogen and oxygen atoms in total. The Bertz CT molecular complexity index is 621. The third kappa shape index (κ3) is 2.56. The quantitative estimate of drug-likeness (QED) is 0.880. The summed E-state index contributed by atoms with van der Waals surface area (Å²) in [6.07, 6.45) is 0. The van der Waals surface area contributed by atoms with Gasteiger partial charge in [0.1, 0.15) is 0 Å². The van der Waals surface area contributed by atoms with Crippen LogP contribution in [0.3, 0.4) is 0 Å². The van der Waals surface area contributed by atoms with E-state index in [4.69, 9.17) is 5.73 Å². The van der Waals surface area contributed by atoms with Crippen molar-refractivity contribution >= 4 is 37.3 Å². The van der Waals surface area contributed by atoms with Crippen molar-refractivity contribution in [3.63, 3.8) is 0 Å². The third-order valence-corrected chi connectivity index (χ3v) is 5.02. The number of nitrogens with one attached hydrogen (secondary N) is 1. The van der Waals surface area contributed by atoms with Crippen molar-refractivity contribution in [2.75, 3.05) is 11.3 Å². The summed E-state index contributed by atoms with van der Waals surface area (Å²) in [6.45, 7) is 1.67. The number of aromatic nitrogens is 1. The second kappa shape index (κ2) is 4.59. The van der Waals surface area contributed by atoms with E-state index < -0.39 is 15.3 Å². The molecule has 7 heteroatoms. The molecule has 0 aliphatic heterocycles. The zero-order chi connectivity index (χ0) is 12.5. The summed E-state index contributed by atoms with van der Waals surface area (Å²) in [4.78, 5) is 4.13. The summed E-state index contributed by atoms with van der Waals surface area (Å²) >= 11 is 1.47. The molecule has 0 fully saturated rings. The topological polar surface area (TPSA) is 85.1 Å². The number of thiazole rings is 1. The molecule has 0 radical (unpaired) electrons. The SMILES string of the molecule is CC(CN)S(=O)(=O)Nc1ccc2ncsc2c1. The molecule has 0 saturated carbocycles. The monoisotopic (exact) mass is 271 g/mol. The van der Waals surface area contributed by atoms with Gasteiger partial charge < -0.3 is 5.73 Å². The van der Waals surface area contributed by atoms with Crippen molar-refractivity contribution in [2.24, 2.45) is 5.73 Å². The van der Waals surface area contributed by atoms with Gasteiger partial charge in [-0.15, -0.1) is 11.3 Å². The van der Waals surface area contributed by atoms with Crippen LogP contribution in [0.25, 0.3) is 10.2 Å². The number of hydrogen-bond acceptors (Lipinski definition) is 5. The molecule has 0 saturated heterocycles. The first kappa shape index (κ1) is 12.3. The second-order valence-electron chi connectivity index (χ2n) is 3.73. The average Bonchev–Trinajstić information content (AvgIpc) is 2.74. The number of rotatable bonds is 4. The van der Waals surface area contributed by atoms with Crippen LogP contribution >= 0.6 is 11.3 Å². The Morgan fingerprint density at radius 3 is 3.00 bits per heavy atom. The maximum absolute atomic E-state index is 11.8. The third-order valence-electron chi connectivity index (χ3n) is 2.45. The molecule has 2 aromatic rings. The molecule has 1 aromatic carbocycles. The van der Waals surface area contributed by atoms with Crippen LogP contribution in [-0.2, 0) is 10.0 Å². The van der Waals surface area contributed by atoms with Crippen LogP contribution < -0.4 is 10.5 Å². The molecule has 92 valence electrons. The number of nitrogens with zero attached hydrogens (tertiary/aromatic N) is 1. The van der Waals surface area contributed by atoms with E-state index in [0.29, 0.717) is 5.69 Å². The number of sulfonamides is 1. The van der Waals surface area contributed by atoms with Crippen LogP contribution in [-0.4, -0.2) is 25.2 Å². The van der Waals surface area contributed by atoms with E-state index in [1.165, 1.54) is 11.3 Å². The van der Waals surface area contributed by atoms with E-state index in [1.54, 1.807) is 30.6 Å². The molecule has 0 aliphatic rings. The minimum atomic E-state index is -3.41. The van der Waals surface area contributed by atoms with Gasteiger partial charge in [0.25, 0.3) is 0 Å². The first-order valence-corrected chi connectivity index (χ1v) is 7.50. The Morgan fingerprint density at radius 2 is 2.29 bits per heavy atom. The number of fused-ring (bicyclic) bond motifs is 1. The van der Waals surface area contributed by atoms with Gasteiger partial charge in [0.2, 0.25) is 10.0 Å². The largest absolute Gasteiger partial charge is 0.329 e. The fourth-order valence-electron chi connectivity index (χ4n) is 1.31. The van der Waals surface area contributed by atoms with Gasteiger partial charge in [-0.1, -0.05) is 0 Å². The van der Waals surface area contributed by atoms with Crippen LogP contribution in [0, 0.1) is 0 Å². The Balaban J connectivity index is 2.29. The van der Waals surface area contributed by atoms with Crippen LogP contribution in [0.4, 0.5) is 5.69 Å². The molecule has 17 heavy (non-hydrogen) atoms. The van der Waals surface area contributed by atoms with Crippen LogP contribution in [0.15, 0.2) is 23.7 Å². The zero-order valence-electron chi connectivity index (χ0n) is 9.25. The lowest BCUT2D eigenvalue weighted by Gasteiger charge is -2.12. The van der Waals surface area contributed by atoms with Crippen molar-refractivity contribution in [1.29, 1.82) is 0 Å². The molecule has 2 rings (SSSR count). The van der Waals surface area contributed by atoms with Crippen molar-refractivity contribution in [3.8, 4) is 0 Å². The minimum Gasteiger partial charge on any atom is -0.329 e. The number of anilines is 1. The van der Waals surface area contributed by atoms with Crippen molar-refractivity contribution in [3.05, 3.63) is 23.7 Å². The summed E-state index contributed by atoms with van der Waals surface area (Å²) < 4.78 is 27.1. The summed E-state index contributed by atoms with van der Waals surface area (Å²) in [5.41, 5.74) is 8.50. The predicted molar refractivity (Wildman–Crippen MR) is 70.7 cm³/mol. The Morgan fingerprint density at radius 1 is 1.53 bits per heavy atom. The number of nitrogens with two attached hydrogens (primary N) is 1. The Hall–Kier alpha value is -1.18. The molecule has 0 spiro atoms. The van der Waals surface area contributed by atoms with E-state index in [1.807, 2.05) is 0 Å². The summed E-state index contributed by atoms with van der Waals surface area (Å²) in [5.74, 6) is 0. The fraction of sp³-hybridized carbons (Fsp3) is 0.300. The summed E-state index contributed by atoms with van der Waals surface area (Å²) in [5, 5.41) is -0.611. The first-order valence-electron chi connectivity index (χ1n) is 5.08. The highest BCUT2D eigenvalue weighted by Gasteiger charge is 2.18. The molecular weight excluding hydrogens is 258 g/mol. The first-order chi connectivity index (χ1) is 8.03. The van der Waals surface area contributed by atoms with E-state index in [-0.39, 0.29) is 6.54 Å². The minimum absolute atomic E-state index is 0.0954. The smallest absolute Gasteiger partial charge is 0.236 e. The molecular formula is C10H13N3O2S2. The van der Waals surface area contributed by atoms with Crippen LogP contribution in [0.2, 0.25) is 0 Å². The van der Waals surface area contributed by atoms with Gasteiger partial charge in [-0.25, -0.2) is 13.4 Å². The predicted octanol–water partition coefficient (Wildman–Crippen LogP) is 1.39. The lowest BCUT2D eigenvalue weighted by atomic mass is 10.3. The number of benzene rings is 1. The van der Waals surface area contributed by atoms with Gasteiger partial charge in [0.15, 0.2) is 0 Å². The molecule has 0 amide bonds. The van der Waals surface area contributed by atoms with Gasteiger partial charge >= 0.3 is 0 Å². The Labute approximate surface area is 104 Å². The van der Waals surface area contributed by atoms with Gasteiger partial charge in [0.05, 0.1) is 26.7 Å². The molecule has 1 heterocycles. The molecule has 3 N–H and O–H groups in total. The van der Waals surface area contributed by atoms with Crippen LogP contribution in [0.5, 0.6) is 0 Å². The van der Waals surface area contributed by atoms with E-state index in [0.717, 1.165) is 10.2 Å². The van der Waals surface area contributed by atoms with Gasteiger partial charge in [0, 0.05) is 6.54 Å². The maximum atomic E-state index is 11.8. The highest BCUT2D eigenvalue weighted by atomic mass is 32.2. The van der Waals surface area contributed by atoms with Crippen LogP contribution in [0.1, 0.15) is 6.92 Å². The van der Waals surface area contributed by atoms with Crippen molar-refractivity contribution in [1.82, 2.24) is 4.98 Å². The van der Waals surface area contributed by atoms with Gasteiger partial charge in [-0.2, -0.15) is 0 Å².